The first kappa shape index (κ1) is 18.1. The van der Waals surface area contributed by atoms with Crippen LogP contribution in [0, 0.1) is 17.5 Å². The highest BCUT2D eigenvalue weighted by Crippen LogP contribution is 2.29. The third kappa shape index (κ3) is 3.02. The molecule has 3 heterocycles. The fraction of sp³-hybridized carbons (Fsp3) is 0.100. The molecular formula is C20H14F3N7. The second kappa shape index (κ2) is 6.83. The minimum atomic E-state index is -0.746. The molecule has 0 saturated carbocycles. The van der Waals surface area contributed by atoms with Crippen molar-refractivity contribution in [2.24, 2.45) is 0 Å². The summed E-state index contributed by atoms with van der Waals surface area (Å²) >= 11 is 0. The van der Waals surface area contributed by atoms with Crippen molar-refractivity contribution in [3.05, 3.63) is 72.3 Å². The van der Waals surface area contributed by atoms with E-state index in [1.807, 2.05) is 6.92 Å². The number of anilines is 1. The van der Waals surface area contributed by atoms with Crippen LogP contribution in [0.3, 0.4) is 0 Å². The minimum Gasteiger partial charge on any atom is -0.358 e. The van der Waals surface area contributed by atoms with Crippen molar-refractivity contribution in [3.63, 3.8) is 0 Å². The number of nitrogens with one attached hydrogen (secondary N) is 2. The summed E-state index contributed by atoms with van der Waals surface area (Å²) in [7, 11) is 0. The molecule has 150 valence electrons. The molecule has 0 saturated heterocycles. The Hall–Kier alpha value is -3.95. The molecule has 0 amide bonds. The largest absolute Gasteiger partial charge is 0.358 e. The molecular weight excluding hydrogens is 395 g/mol. The standard InChI is InChI=1S/C20H14F3N7/c1-10(28-19-17-18(25-8-24-17)26-9-27-19)20-29-15-3-2-11(21)7-16(15)30(20)14-5-12(22)4-13(23)6-14/h2-10H,1H3,(H2,24,25,26,27,28)/t10-/m0/s1. The van der Waals surface area contributed by atoms with Gasteiger partial charge in [0.1, 0.15) is 35.1 Å². The fourth-order valence-electron chi connectivity index (χ4n) is 3.44. The monoisotopic (exact) mass is 409 g/mol. The van der Waals surface area contributed by atoms with E-state index >= 15 is 0 Å². The lowest BCUT2D eigenvalue weighted by atomic mass is 10.2. The van der Waals surface area contributed by atoms with Gasteiger partial charge in [-0.25, -0.2) is 33.1 Å². The molecule has 0 bridgehead atoms. The van der Waals surface area contributed by atoms with Crippen LogP contribution in [-0.4, -0.2) is 29.5 Å². The summed E-state index contributed by atoms with van der Waals surface area (Å²) in [6, 6.07) is 6.72. The topological polar surface area (TPSA) is 84.3 Å². The van der Waals surface area contributed by atoms with E-state index in [1.54, 1.807) is 0 Å². The summed E-state index contributed by atoms with van der Waals surface area (Å²) < 4.78 is 43.3. The quantitative estimate of drug-likeness (QED) is 0.463. The highest BCUT2D eigenvalue weighted by Gasteiger charge is 2.21. The summed E-state index contributed by atoms with van der Waals surface area (Å²) in [6.07, 6.45) is 2.89. The van der Waals surface area contributed by atoms with Gasteiger partial charge in [0, 0.05) is 12.1 Å². The number of rotatable bonds is 4. The maximum absolute atomic E-state index is 14.0. The van der Waals surface area contributed by atoms with Crippen LogP contribution in [0.5, 0.6) is 0 Å². The van der Waals surface area contributed by atoms with Gasteiger partial charge in [-0.2, -0.15) is 0 Å². The molecule has 5 rings (SSSR count). The van der Waals surface area contributed by atoms with Gasteiger partial charge in [-0.05, 0) is 31.2 Å². The molecule has 10 heteroatoms. The zero-order chi connectivity index (χ0) is 20.8. The Morgan fingerprint density at radius 3 is 2.57 bits per heavy atom. The van der Waals surface area contributed by atoms with Crippen molar-refractivity contribution in [1.29, 1.82) is 0 Å². The maximum Gasteiger partial charge on any atom is 0.162 e. The summed E-state index contributed by atoms with van der Waals surface area (Å²) in [6.45, 7) is 1.81. The Balaban J connectivity index is 1.67. The van der Waals surface area contributed by atoms with Gasteiger partial charge in [0.25, 0.3) is 0 Å². The molecule has 0 fully saturated rings. The van der Waals surface area contributed by atoms with E-state index in [0.717, 1.165) is 6.07 Å². The van der Waals surface area contributed by atoms with Crippen LogP contribution >= 0.6 is 0 Å². The smallest absolute Gasteiger partial charge is 0.162 e. The number of hydrogen-bond acceptors (Lipinski definition) is 5. The average Bonchev–Trinajstić information content (AvgIpc) is 3.32. The van der Waals surface area contributed by atoms with E-state index in [9.17, 15) is 13.2 Å². The third-order valence-electron chi connectivity index (χ3n) is 4.71. The Morgan fingerprint density at radius 1 is 0.967 bits per heavy atom. The summed E-state index contributed by atoms with van der Waals surface area (Å²) in [5.74, 6) is -1.10. The van der Waals surface area contributed by atoms with Crippen molar-refractivity contribution in [2.75, 3.05) is 5.32 Å². The zero-order valence-corrected chi connectivity index (χ0v) is 15.6. The fourth-order valence-corrected chi connectivity index (χ4v) is 3.44. The predicted molar refractivity (Wildman–Crippen MR) is 105 cm³/mol. The molecule has 3 aromatic heterocycles. The summed E-state index contributed by atoms with van der Waals surface area (Å²) in [5.41, 5.74) is 2.16. The molecule has 7 nitrogen and oxygen atoms in total. The van der Waals surface area contributed by atoms with Crippen LogP contribution in [0.1, 0.15) is 18.8 Å². The van der Waals surface area contributed by atoms with Crippen molar-refractivity contribution < 1.29 is 13.2 Å². The van der Waals surface area contributed by atoms with E-state index in [0.29, 0.717) is 33.8 Å². The predicted octanol–water partition coefficient (Wildman–Crippen LogP) is 4.28. The SMILES string of the molecule is C[C@H](Nc1ncnc2[nH]cnc12)c1nc2ccc(F)cc2n1-c1cc(F)cc(F)c1. The van der Waals surface area contributed by atoms with E-state index < -0.39 is 23.5 Å². The summed E-state index contributed by atoms with van der Waals surface area (Å²) in [5, 5.41) is 3.20. The van der Waals surface area contributed by atoms with Crippen LogP contribution in [0.15, 0.2) is 49.1 Å². The molecule has 0 aliphatic heterocycles. The number of aromatic amines is 1. The van der Waals surface area contributed by atoms with Crippen LogP contribution in [-0.2, 0) is 0 Å². The van der Waals surface area contributed by atoms with Crippen molar-refractivity contribution in [3.8, 4) is 5.69 Å². The molecule has 5 aromatic rings. The lowest BCUT2D eigenvalue weighted by molar-refractivity contribution is 0.581. The number of H-pyrrole nitrogens is 1. The third-order valence-corrected chi connectivity index (χ3v) is 4.71. The highest BCUT2D eigenvalue weighted by atomic mass is 19.1. The summed E-state index contributed by atoms with van der Waals surface area (Å²) in [4.78, 5) is 20.0. The van der Waals surface area contributed by atoms with Gasteiger partial charge in [0.05, 0.1) is 29.1 Å². The molecule has 30 heavy (non-hydrogen) atoms. The Kier molecular flexibility index (Phi) is 4.12. The van der Waals surface area contributed by atoms with Gasteiger partial charge in [0.2, 0.25) is 0 Å². The number of benzene rings is 2. The lowest BCUT2D eigenvalue weighted by Gasteiger charge is -2.17. The van der Waals surface area contributed by atoms with E-state index in [-0.39, 0.29) is 5.69 Å². The van der Waals surface area contributed by atoms with Gasteiger partial charge < -0.3 is 10.3 Å². The number of fused-ring (bicyclic) bond motifs is 2. The lowest BCUT2D eigenvalue weighted by Crippen LogP contribution is -2.14. The maximum atomic E-state index is 14.0. The van der Waals surface area contributed by atoms with Crippen LogP contribution in [0.25, 0.3) is 27.9 Å². The van der Waals surface area contributed by atoms with E-state index in [4.69, 9.17) is 0 Å². The molecule has 1 atom stereocenters. The van der Waals surface area contributed by atoms with Gasteiger partial charge in [-0.1, -0.05) is 0 Å². The Bertz CT molecular complexity index is 1370. The highest BCUT2D eigenvalue weighted by molar-refractivity contribution is 5.82. The van der Waals surface area contributed by atoms with E-state index in [2.05, 4.69) is 30.2 Å². The number of hydrogen-bond donors (Lipinski definition) is 2. The van der Waals surface area contributed by atoms with Gasteiger partial charge in [-0.3, -0.25) is 4.57 Å². The molecule has 0 spiro atoms. The molecule has 0 aliphatic carbocycles. The molecule has 2 N–H and O–H groups in total. The first-order valence-electron chi connectivity index (χ1n) is 9.04. The molecule has 0 unspecified atom stereocenters. The van der Waals surface area contributed by atoms with Crippen LogP contribution in [0.4, 0.5) is 19.0 Å². The second-order valence-electron chi connectivity index (χ2n) is 6.75. The van der Waals surface area contributed by atoms with Crippen molar-refractivity contribution in [1.82, 2.24) is 29.5 Å². The van der Waals surface area contributed by atoms with Crippen molar-refractivity contribution >= 4 is 28.0 Å². The van der Waals surface area contributed by atoms with Gasteiger partial charge in [0.15, 0.2) is 11.5 Å². The number of aromatic nitrogens is 6. The van der Waals surface area contributed by atoms with Gasteiger partial charge in [-0.15, -0.1) is 0 Å². The van der Waals surface area contributed by atoms with Crippen LogP contribution < -0.4 is 5.32 Å². The van der Waals surface area contributed by atoms with E-state index in [1.165, 1.54) is 47.6 Å². The van der Waals surface area contributed by atoms with Gasteiger partial charge >= 0.3 is 0 Å². The first-order chi connectivity index (χ1) is 14.5. The van der Waals surface area contributed by atoms with Crippen LogP contribution in [0.2, 0.25) is 0 Å². The average molecular weight is 409 g/mol. The Morgan fingerprint density at radius 2 is 1.77 bits per heavy atom. The van der Waals surface area contributed by atoms with Crippen molar-refractivity contribution in [2.45, 2.75) is 13.0 Å². The zero-order valence-electron chi connectivity index (χ0n) is 15.6. The molecule has 0 radical (unpaired) electrons. The molecule has 0 aliphatic rings. The normalized spacial score (nSPS) is 12.5. The number of halogens is 3. The number of nitrogens with zero attached hydrogens (tertiary/aromatic N) is 5. The second-order valence-corrected chi connectivity index (χ2v) is 6.75. The first-order valence-corrected chi connectivity index (χ1v) is 9.04. The molecule has 2 aromatic carbocycles. The Labute approximate surface area is 167 Å². The number of imidazole rings is 2. The minimum absolute atomic E-state index is 0.192.